The monoisotopic (exact) mass is 285 g/mol. The number of hydrogen-bond acceptors (Lipinski definition) is 4. The highest BCUT2D eigenvalue weighted by Gasteiger charge is 2.10. The van der Waals surface area contributed by atoms with E-state index in [4.69, 9.17) is 10.5 Å². The molecular formula is C16H19N3O2. The third kappa shape index (κ3) is 3.95. The number of aromatic nitrogens is 1. The quantitative estimate of drug-likeness (QED) is 0.885. The molecule has 0 aliphatic rings. The van der Waals surface area contributed by atoms with Gasteiger partial charge in [0.15, 0.2) is 0 Å². The lowest BCUT2D eigenvalue weighted by molar-refractivity contribution is 0.102. The standard InChI is InChI=1S/C16H19N3O2/c1-3-8-21-14-6-4-13(5-7-14)19-16(20)15-9-12(17)10-18-11(15)2/h4-7,9-10H,3,8,17H2,1-2H3,(H,19,20). The predicted molar refractivity (Wildman–Crippen MR) is 83.6 cm³/mol. The smallest absolute Gasteiger partial charge is 0.257 e. The zero-order valence-corrected chi connectivity index (χ0v) is 12.2. The molecule has 0 fully saturated rings. The number of ether oxygens (including phenoxy) is 1. The summed E-state index contributed by atoms with van der Waals surface area (Å²) in [5.41, 5.74) is 7.95. The first-order valence-electron chi connectivity index (χ1n) is 6.86. The number of carbonyl (C=O) groups excluding carboxylic acids is 1. The Morgan fingerprint density at radius 1 is 1.33 bits per heavy atom. The zero-order valence-electron chi connectivity index (χ0n) is 12.2. The highest BCUT2D eigenvalue weighted by molar-refractivity contribution is 6.05. The molecule has 0 spiro atoms. The highest BCUT2D eigenvalue weighted by Crippen LogP contribution is 2.17. The summed E-state index contributed by atoms with van der Waals surface area (Å²) < 4.78 is 5.50. The molecule has 0 saturated carbocycles. The molecular weight excluding hydrogens is 266 g/mol. The van der Waals surface area contributed by atoms with Crippen LogP contribution in [-0.4, -0.2) is 17.5 Å². The minimum atomic E-state index is -0.227. The van der Waals surface area contributed by atoms with Crippen LogP contribution < -0.4 is 15.8 Å². The van der Waals surface area contributed by atoms with E-state index in [0.717, 1.165) is 12.2 Å². The van der Waals surface area contributed by atoms with Gasteiger partial charge in [-0.1, -0.05) is 6.92 Å². The summed E-state index contributed by atoms with van der Waals surface area (Å²) in [7, 11) is 0. The number of hydrogen-bond donors (Lipinski definition) is 2. The van der Waals surface area contributed by atoms with Crippen LogP contribution >= 0.6 is 0 Å². The van der Waals surface area contributed by atoms with Crippen molar-refractivity contribution in [3.05, 3.63) is 47.8 Å². The van der Waals surface area contributed by atoms with Gasteiger partial charge < -0.3 is 15.8 Å². The van der Waals surface area contributed by atoms with Gasteiger partial charge in [0.25, 0.3) is 5.91 Å². The number of nitrogens with two attached hydrogens (primary N) is 1. The first-order valence-corrected chi connectivity index (χ1v) is 6.86. The van der Waals surface area contributed by atoms with E-state index < -0.39 is 0 Å². The van der Waals surface area contributed by atoms with E-state index in [1.165, 1.54) is 6.20 Å². The molecule has 0 saturated heterocycles. The van der Waals surface area contributed by atoms with Gasteiger partial charge in [0.05, 0.1) is 29.7 Å². The summed E-state index contributed by atoms with van der Waals surface area (Å²) in [5.74, 6) is 0.561. The Bertz CT molecular complexity index is 624. The van der Waals surface area contributed by atoms with Gasteiger partial charge in [-0.3, -0.25) is 9.78 Å². The molecule has 1 amide bonds. The molecule has 0 bridgehead atoms. The van der Waals surface area contributed by atoms with Crippen molar-refractivity contribution in [1.29, 1.82) is 0 Å². The maximum Gasteiger partial charge on any atom is 0.257 e. The van der Waals surface area contributed by atoms with Crippen LogP contribution in [0.15, 0.2) is 36.5 Å². The molecule has 1 aromatic carbocycles. The number of nitrogens with one attached hydrogen (secondary N) is 1. The number of rotatable bonds is 5. The van der Waals surface area contributed by atoms with Gasteiger partial charge in [-0.2, -0.15) is 0 Å². The molecule has 1 aromatic heterocycles. The van der Waals surface area contributed by atoms with Crippen LogP contribution in [-0.2, 0) is 0 Å². The molecule has 5 nitrogen and oxygen atoms in total. The molecule has 0 aliphatic carbocycles. The second kappa shape index (κ2) is 6.74. The van der Waals surface area contributed by atoms with Crippen LogP contribution in [0.1, 0.15) is 29.4 Å². The fraction of sp³-hybridized carbons (Fsp3) is 0.250. The number of anilines is 2. The lowest BCUT2D eigenvalue weighted by atomic mass is 10.1. The molecule has 3 N–H and O–H groups in total. The maximum atomic E-state index is 12.2. The molecule has 0 aliphatic heterocycles. The van der Waals surface area contributed by atoms with Crippen LogP contribution in [0.2, 0.25) is 0 Å². The summed E-state index contributed by atoms with van der Waals surface area (Å²) in [6.07, 6.45) is 2.49. The summed E-state index contributed by atoms with van der Waals surface area (Å²) in [6, 6.07) is 8.89. The van der Waals surface area contributed by atoms with E-state index in [-0.39, 0.29) is 5.91 Å². The minimum absolute atomic E-state index is 0.227. The lowest BCUT2D eigenvalue weighted by Gasteiger charge is -2.09. The largest absolute Gasteiger partial charge is 0.494 e. The van der Waals surface area contributed by atoms with E-state index >= 15 is 0 Å². The van der Waals surface area contributed by atoms with Gasteiger partial charge in [0, 0.05) is 5.69 Å². The first-order chi connectivity index (χ1) is 10.1. The van der Waals surface area contributed by atoms with E-state index in [1.54, 1.807) is 25.1 Å². The van der Waals surface area contributed by atoms with Crippen molar-refractivity contribution in [2.45, 2.75) is 20.3 Å². The Morgan fingerprint density at radius 3 is 2.71 bits per heavy atom. The van der Waals surface area contributed by atoms with Gasteiger partial charge in [0.1, 0.15) is 5.75 Å². The zero-order chi connectivity index (χ0) is 15.2. The number of nitrogens with zero attached hydrogens (tertiary/aromatic N) is 1. The summed E-state index contributed by atoms with van der Waals surface area (Å²) in [5, 5.41) is 2.82. The number of nitrogen functional groups attached to an aromatic ring is 1. The van der Waals surface area contributed by atoms with Crippen LogP contribution in [0.25, 0.3) is 0 Å². The average Bonchev–Trinajstić information content (AvgIpc) is 2.49. The molecule has 2 aromatic rings. The van der Waals surface area contributed by atoms with E-state index in [2.05, 4.69) is 17.2 Å². The lowest BCUT2D eigenvalue weighted by Crippen LogP contribution is -2.14. The topological polar surface area (TPSA) is 77.2 Å². The second-order valence-electron chi connectivity index (χ2n) is 4.73. The fourth-order valence-corrected chi connectivity index (χ4v) is 1.83. The Kier molecular flexibility index (Phi) is 4.77. The van der Waals surface area contributed by atoms with Crippen molar-refractivity contribution in [3.63, 3.8) is 0 Å². The highest BCUT2D eigenvalue weighted by atomic mass is 16.5. The van der Waals surface area contributed by atoms with Crippen molar-refractivity contribution >= 4 is 17.3 Å². The first kappa shape index (κ1) is 14.8. The van der Waals surface area contributed by atoms with Crippen LogP contribution in [0, 0.1) is 6.92 Å². The molecule has 5 heteroatoms. The van der Waals surface area contributed by atoms with Crippen molar-refractivity contribution in [2.24, 2.45) is 0 Å². The molecule has 21 heavy (non-hydrogen) atoms. The molecule has 0 atom stereocenters. The Hall–Kier alpha value is -2.56. The minimum Gasteiger partial charge on any atom is -0.494 e. The summed E-state index contributed by atoms with van der Waals surface area (Å²) in [6.45, 7) is 4.51. The van der Waals surface area contributed by atoms with Gasteiger partial charge in [-0.15, -0.1) is 0 Å². The Morgan fingerprint density at radius 2 is 2.05 bits per heavy atom. The van der Waals surface area contributed by atoms with Crippen LogP contribution in [0.3, 0.4) is 0 Å². The maximum absolute atomic E-state index is 12.2. The molecule has 110 valence electrons. The third-order valence-electron chi connectivity index (χ3n) is 2.94. The number of benzene rings is 1. The summed E-state index contributed by atoms with van der Waals surface area (Å²) in [4.78, 5) is 16.3. The number of pyridine rings is 1. The molecule has 2 rings (SSSR count). The fourth-order valence-electron chi connectivity index (χ4n) is 1.83. The van der Waals surface area contributed by atoms with Crippen molar-refractivity contribution in [2.75, 3.05) is 17.7 Å². The molecule has 0 unspecified atom stereocenters. The summed E-state index contributed by atoms with van der Waals surface area (Å²) >= 11 is 0. The Labute approximate surface area is 124 Å². The van der Waals surface area contributed by atoms with Gasteiger partial charge >= 0.3 is 0 Å². The van der Waals surface area contributed by atoms with Gasteiger partial charge in [-0.05, 0) is 43.7 Å². The second-order valence-corrected chi connectivity index (χ2v) is 4.73. The number of carbonyl (C=O) groups is 1. The molecule has 1 heterocycles. The number of amides is 1. The van der Waals surface area contributed by atoms with E-state index in [0.29, 0.717) is 29.2 Å². The normalized spacial score (nSPS) is 10.2. The Balaban J connectivity index is 2.07. The number of aryl methyl sites for hydroxylation is 1. The van der Waals surface area contributed by atoms with Crippen LogP contribution in [0.4, 0.5) is 11.4 Å². The van der Waals surface area contributed by atoms with Crippen molar-refractivity contribution in [3.8, 4) is 5.75 Å². The SMILES string of the molecule is CCCOc1ccc(NC(=O)c2cc(N)cnc2C)cc1. The molecule has 0 radical (unpaired) electrons. The van der Waals surface area contributed by atoms with Crippen molar-refractivity contribution in [1.82, 2.24) is 4.98 Å². The third-order valence-corrected chi connectivity index (χ3v) is 2.94. The van der Waals surface area contributed by atoms with E-state index in [9.17, 15) is 4.79 Å². The van der Waals surface area contributed by atoms with Crippen LogP contribution in [0.5, 0.6) is 5.75 Å². The van der Waals surface area contributed by atoms with Crippen molar-refractivity contribution < 1.29 is 9.53 Å². The van der Waals surface area contributed by atoms with Gasteiger partial charge in [-0.25, -0.2) is 0 Å². The predicted octanol–water partition coefficient (Wildman–Crippen LogP) is 3.01. The average molecular weight is 285 g/mol. The van der Waals surface area contributed by atoms with Gasteiger partial charge in [0.2, 0.25) is 0 Å². The van der Waals surface area contributed by atoms with E-state index in [1.807, 2.05) is 12.1 Å².